The van der Waals surface area contributed by atoms with Crippen LogP contribution in [0, 0.1) is 17.2 Å². The van der Waals surface area contributed by atoms with Gasteiger partial charge in [-0.05, 0) is 60.1 Å². The van der Waals surface area contributed by atoms with Crippen LogP contribution in [0.1, 0.15) is 56.2 Å². The number of hydrogen-bond donors (Lipinski definition) is 5. The van der Waals surface area contributed by atoms with Crippen LogP contribution in [0.2, 0.25) is 0 Å². The molecule has 5 rings (SSSR count). The van der Waals surface area contributed by atoms with E-state index in [1.165, 1.54) is 39.0 Å². The third kappa shape index (κ3) is 8.01. The normalized spacial score (nSPS) is 20.8. The molecule has 2 aromatic carbocycles. The quantitative estimate of drug-likeness (QED) is 0.136. The molecule has 1 saturated heterocycles. The van der Waals surface area contributed by atoms with Crippen LogP contribution in [-0.4, -0.2) is 69.5 Å². The van der Waals surface area contributed by atoms with Gasteiger partial charge in [-0.2, -0.15) is 13.2 Å². The number of hydrogen-bond acceptors (Lipinski definition) is 8. The van der Waals surface area contributed by atoms with Gasteiger partial charge in [0.1, 0.15) is 22.9 Å². The van der Waals surface area contributed by atoms with Gasteiger partial charge in [0.15, 0.2) is 4.93 Å². The highest BCUT2D eigenvalue weighted by Crippen LogP contribution is 2.39. The van der Waals surface area contributed by atoms with Crippen LogP contribution in [0.5, 0.6) is 0 Å². The number of rotatable bonds is 8. The minimum Gasteiger partial charge on any atom is -0.371 e. The maximum absolute atomic E-state index is 14.3. The number of halogens is 4. The van der Waals surface area contributed by atoms with Crippen molar-refractivity contribution in [2.75, 3.05) is 6.54 Å². The molecule has 1 fully saturated rings. The number of piperidine rings is 1. The Balaban J connectivity index is 1.52. The maximum atomic E-state index is 14.3. The van der Waals surface area contributed by atoms with Crippen LogP contribution in [0.3, 0.4) is 0 Å². The summed E-state index contributed by atoms with van der Waals surface area (Å²) in [5.41, 5.74) is 0.198. The molecular weight excluding hydrogens is 687 g/mol. The van der Waals surface area contributed by atoms with E-state index in [-0.39, 0.29) is 30.3 Å². The van der Waals surface area contributed by atoms with E-state index in [2.05, 4.69) is 28.2 Å². The standard InChI is InChI=1S/C33H37F4N5O5S2/c1-31(2,3)25(41-29(46)33(35,36)37)28(45)42-16-19-13-20(34)11-10-17(19)14-22(42)27(44)40-24(15-18-7-6-12-38-26(18)43)32(47,48)30-39-21-8-4-5-9-23(21)49-30/h4-5,8-11,13,18,22,24-25,47-48H,6-7,12,14-16H2,1-3H3,(H,38,43)(H,40,44)(H,41,46)/t18-,22-,24-,25+,32+/m0/s1. The number of amides is 4. The van der Waals surface area contributed by atoms with Crippen LogP contribution in [-0.2, 0) is 37.1 Å². The summed E-state index contributed by atoms with van der Waals surface area (Å²) in [6.07, 6.45) is -4.35. The summed E-state index contributed by atoms with van der Waals surface area (Å²) in [6.45, 7) is 4.51. The number of aliphatic hydroxyl groups is 1. The predicted molar refractivity (Wildman–Crippen MR) is 177 cm³/mol. The first-order valence-electron chi connectivity index (χ1n) is 15.7. The molecule has 5 atom stereocenters. The number of nitrogens with zero attached hydrogens (tertiary/aromatic N) is 2. The lowest BCUT2D eigenvalue weighted by Gasteiger charge is -2.42. The van der Waals surface area contributed by atoms with E-state index in [1.54, 1.807) is 29.6 Å². The van der Waals surface area contributed by atoms with Crippen molar-refractivity contribution in [3.05, 3.63) is 64.4 Å². The van der Waals surface area contributed by atoms with Crippen molar-refractivity contribution in [2.24, 2.45) is 11.3 Å². The third-order valence-corrected chi connectivity index (χ3v) is 10.7. The molecule has 0 spiro atoms. The summed E-state index contributed by atoms with van der Waals surface area (Å²) in [6, 6.07) is 6.63. The smallest absolute Gasteiger partial charge is 0.371 e. The lowest BCUT2D eigenvalue weighted by atomic mass is 9.84. The monoisotopic (exact) mass is 723 g/mol. The minimum absolute atomic E-state index is 0.0534. The molecule has 16 heteroatoms. The summed E-state index contributed by atoms with van der Waals surface area (Å²) >= 11 is 5.73. The van der Waals surface area contributed by atoms with Crippen molar-refractivity contribution in [1.82, 2.24) is 25.8 Å². The number of thiol groups is 1. The van der Waals surface area contributed by atoms with Gasteiger partial charge in [0.2, 0.25) is 17.7 Å². The molecule has 4 amide bonds. The van der Waals surface area contributed by atoms with E-state index < -0.39 is 64.1 Å². The Kier molecular flexibility index (Phi) is 10.3. The lowest BCUT2D eigenvalue weighted by molar-refractivity contribution is -0.176. The molecule has 264 valence electrons. The molecule has 3 heterocycles. The van der Waals surface area contributed by atoms with Gasteiger partial charge < -0.3 is 26.0 Å². The number of para-hydroxylation sites is 1. The minimum atomic E-state index is -5.28. The molecule has 1 aromatic heterocycles. The molecule has 2 aliphatic heterocycles. The summed E-state index contributed by atoms with van der Waals surface area (Å²) in [5, 5.41) is 19.4. The number of thiazole rings is 1. The molecule has 0 aliphatic carbocycles. The van der Waals surface area contributed by atoms with Crippen LogP contribution in [0.4, 0.5) is 17.6 Å². The number of carbonyl (C=O) groups is 4. The second-order valence-electron chi connectivity index (χ2n) is 13.5. The van der Waals surface area contributed by atoms with Crippen LogP contribution < -0.4 is 16.0 Å². The summed E-state index contributed by atoms with van der Waals surface area (Å²) in [5.74, 6) is -5.61. The number of nitrogens with one attached hydrogen (secondary N) is 3. The zero-order chi connectivity index (χ0) is 35.9. The van der Waals surface area contributed by atoms with E-state index in [0.29, 0.717) is 36.0 Å². The largest absolute Gasteiger partial charge is 0.471 e. The van der Waals surface area contributed by atoms with E-state index in [4.69, 9.17) is 0 Å². The third-order valence-electron chi connectivity index (χ3n) is 8.86. The maximum Gasteiger partial charge on any atom is 0.471 e. The van der Waals surface area contributed by atoms with E-state index in [9.17, 15) is 41.8 Å². The first-order valence-corrected chi connectivity index (χ1v) is 17.0. The Morgan fingerprint density at radius 3 is 2.49 bits per heavy atom. The van der Waals surface area contributed by atoms with Gasteiger partial charge >= 0.3 is 12.1 Å². The molecule has 0 bridgehead atoms. The molecule has 4 N–H and O–H groups in total. The SMILES string of the molecule is CC(C)(C)[C@H](NC(=O)C(F)(F)F)C(=O)N1Cc2cc(F)ccc2C[C@H]1C(=O)N[C@@H](C[C@@H]1CCCNC1=O)[C@@](O)(S)c1nc2ccccc2s1. The van der Waals surface area contributed by atoms with Crippen molar-refractivity contribution in [3.8, 4) is 0 Å². The van der Waals surface area contributed by atoms with Gasteiger partial charge in [-0.3, -0.25) is 19.2 Å². The fourth-order valence-corrected chi connectivity index (χ4v) is 7.53. The molecule has 2 aliphatic rings. The highest BCUT2D eigenvalue weighted by molar-refractivity contribution is 7.81. The molecule has 0 unspecified atom stereocenters. The number of fused-ring (bicyclic) bond motifs is 2. The first-order chi connectivity index (χ1) is 22.9. The van der Waals surface area contributed by atoms with Gasteiger partial charge in [0, 0.05) is 25.4 Å². The highest BCUT2D eigenvalue weighted by atomic mass is 32.1. The van der Waals surface area contributed by atoms with Gasteiger partial charge in [0.05, 0.1) is 16.3 Å². The van der Waals surface area contributed by atoms with Crippen molar-refractivity contribution >= 4 is 57.8 Å². The predicted octanol–water partition coefficient (Wildman–Crippen LogP) is 3.96. The Hall–Kier alpha value is -3.76. The average molecular weight is 724 g/mol. The zero-order valence-electron chi connectivity index (χ0n) is 26.9. The fourth-order valence-electron chi connectivity index (χ4n) is 6.16. The summed E-state index contributed by atoms with van der Waals surface area (Å²) < 4.78 is 55.0. The zero-order valence-corrected chi connectivity index (χ0v) is 28.6. The molecular formula is C33H37F4N5O5S2. The number of alkyl halides is 3. The van der Waals surface area contributed by atoms with Gasteiger partial charge in [-0.25, -0.2) is 9.37 Å². The first kappa shape index (κ1) is 36.5. The molecule has 0 saturated carbocycles. The molecule has 0 radical (unpaired) electrons. The summed E-state index contributed by atoms with van der Waals surface area (Å²) in [4.78, 5) is 56.7. The van der Waals surface area contributed by atoms with E-state index in [1.807, 2.05) is 0 Å². The van der Waals surface area contributed by atoms with Gasteiger partial charge in [-0.1, -0.05) is 39.0 Å². The van der Waals surface area contributed by atoms with Gasteiger partial charge in [0.25, 0.3) is 0 Å². The van der Waals surface area contributed by atoms with E-state index in [0.717, 1.165) is 20.9 Å². The molecule has 3 aromatic rings. The van der Waals surface area contributed by atoms with Crippen molar-refractivity contribution < 1.29 is 41.8 Å². The second kappa shape index (κ2) is 13.9. The fraction of sp³-hybridized carbons (Fsp3) is 0.485. The van der Waals surface area contributed by atoms with E-state index >= 15 is 0 Å². The Labute approximate surface area is 289 Å². The highest BCUT2D eigenvalue weighted by Gasteiger charge is 2.48. The van der Waals surface area contributed by atoms with Crippen LogP contribution in [0.15, 0.2) is 42.5 Å². The molecule has 49 heavy (non-hydrogen) atoms. The number of carbonyl (C=O) groups excluding carboxylic acids is 4. The molecule has 10 nitrogen and oxygen atoms in total. The average Bonchev–Trinajstić information content (AvgIpc) is 3.47. The number of aromatic nitrogens is 1. The Morgan fingerprint density at radius 2 is 1.84 bits per heavy atom. The van der Waals surface area contributed by atoms with Gasteiger partial charge in [-0.15, -0.1) is 24.0 Å². The summed E-state index contributed by atoms with van der Waals surface area (Å²) in [7, 11) is 0. The number of benzene rings is 2. The van der Waals surface area contributed by atoms with Crippen LogP contribution >= 0.6 is 24.0 Å². The van der Waals surface area contributed by atoms with Crippen molar-refractivity contribution in [1.29, 1.82) is 0 Å². The topological polar surface area (TPSA) is 141 Å². The van der Waals surface area contributed by atoms with Crippen molar-refractivity contribution in [2.45, 2.75) is 82.2 Å². The Bertz CT molecular complexity index is 1730. The Morgan fingerprint density at radius 1 is 1.12 bits per heavy atom. The van der Waals surface area contributed by atoms with Crippen molar-refractivity contribution in [3.63, 3.8) is 0 Å². The lowest BCUT2D eigenvalue weighted by Crippen LogP contribution is -2.63. The second-order valence-corrected chi connectivity index (χ2v) is 15.2. The van der Waals surface area contributed by atoms with Crippen LogP contribution in [0.25, 0.3) is 10.2 Å².